The number of halogens is 1. The number of hydrogen-bond acceptors (Lipinski definition) is 3. The number of nitrogens with zero attached hydrogens (tertiary/aromatic N) is 1. The second-order valence-corrected chi connectivity index (χ2v) is 7.26. The second-order valence-electron chi connectivity index (χ2n) is 5.39. The van der Waals surface area contributed by atoms with Gasteiger partial charge in [0.15, 0.2) is 0 Å². The summed E-state index contributed by atoms with van der Waals surface area (Å²) in [6.45, 7) is 5.14. The van der Waals surface area contributed by atoms with Gasteiger partial charge in [0, 0.05) is 6.54 Å². The molecule has 0 bridgehead atoms. The maximum atomic E-state index is 13.2. The predicted octanol–water partition coefficient (Wildman–Crippen LogP) is 2.63. The van der Waals surface area contributed by atoms with Gasteiger partial charge < -0.3 is 5.32 Å². The number of amides is 1. The first-order chi connectivity index (χ1) is 11.8. The number of carbonyl (C=O) groups is 1. The molecule has 0 heterocycles. The van der Waals surface area contributed by atoms with Crippen LogP contribution in [-0.2, 0) is 14.8 Å². The van der Waals surface area contributed by atoms with Gasteiger partial charge in [0.05, 0.1) is 10.6 Å². The highest BCUT2D eigenvalue weighted by Crippen LogP contribution is 2.24. The van der Waals surface area contributed by atoms with Crippen molar-refractivity contribution in [2.45, 2.75) is 11.8 Å². The van der Waals surface area contributed by atoms with E-state index in [1.807, 2.05) is 6.92 Å². The fraction of sp³-hybridized carbons (Fsp3) is 0.167. The summed E-state index contributed by atoms with van der Waals surface area (Å²) < 4.78 is 40.1. The molecule has 0 saturated carbocycles. The van der Waals surface area contributed by atoms with E-state index in [4.69, 9.17) is 0 Å². The molecular weight excluding hydrogens is 343 g/mol. The van der Waals surface area contributed by atoms with Crippen LogP contribution in [0.4, 0.5) is 10.1 Å². The van der Waals surface area contributed by atoms with Gasteiger partial charge in [-0.05, 0) is 43.3 Å². The Labute approximate surface area is 146 Å². The molecule has 5 nitrogen and oxygen atoms in total. The van der Waals surface area contributed by atoms with Gasteiger partial charge in [-0.1, -0.05) is 23.8 Å². The van der Waals surface area contributed by atoms with Crippen molar-refractivity contribution < 1.29 is 17.6 Å². The zero-order valence-electron chi connectivity index (χ0n) is 13.8. The van der Waals surface area contributed by atoms with Crippen molar-refractivity contribution in [3.8, 4) is 0 Å². The number of aryl methyl sites for hydroxylation is 1. The number of anilines is 1. The van der Waals surface area contributed by atoms with Crippen LogP contribution < -0.4 is 9.62 Å². The van der Waals surface area contributed by atoms with Crippen molar-refractivity contribution in [3.63, 3.8) is 0 Å². The van der Waals surface area contributed by atoms with Crippen LogP contribution in [0.15, 0.2) is 66.1 Å². The maximum absolute atomic E-state index is 13.2. The first kappa shape index (κ1) is 18.7. The molecule has 1 N–H and O–H groups in total. The lowest BCUT2D eigenvalue weighted by Crippen LogP contribution is -2.40. The minimum atomic E-state index is -3.98. The highest BCUT2D eigenvalue weighted by Gasteiger charge is 2.27. The van der Waals surface area contributed by atoms with Crippen molar-refractivity contribution in [3.05, 3.63) is 72.6 Å². The van der Waals surface area contributed by atoms with Gasteiger partial charge in [0.2, 0.25) is 5.91 Å². The van der Waals surface area contributed by atoms with E-state index in [1.54, 1.807) is 12.1 Å². The molecule has 0 radical (unpaired) electrons. The fourth-order valence-electron chi connectivity index (χ4n) is 2.13. The van der Waals surface area contributed by atoms with E-state index in [0.29, 0.717) is 0 Å². The SMILES string of the molecule is C=CCNC(=O)CN(c1ccc(F)cc1)S(=O)(=O)c1ccc(C)cc1. The van der Waals surface area contributed by atoms with Crippen LogP contribution in [-0.4, -0.2) is 27.4 Å². The minimum Gasteiger partial charge on any atom is -0.351 e. The molecule has 7 heteroatoms. The monoisotopic (exact) mass is 362 g/mol. The first-order valence-corrected chi connectivity index (χ1v) is 9.01. The van der Waals surface area contributed by atoms with Crippen molar-refractivity contribution in [1.29, 1.82) is 0 Å². The van der Waals surface area contributed by atoms with Crippen LogP contribution in [0.5, 0.6) is 0 Å². The Morgan fingerprint density at radius 1 is 1.16 bits per heavy atom. The summed E-state index contributed by atoms with van der Waals surface area (Å²) >= 11 is 0. The van der Waals surface area contributed by atoms with Crippen LogP contribution in [0.3, 0.4) is 0 Å². The van der Waals surface area contributed by atoms with Crippen molar-refractivity contribution in [2.24, 2.45) is 0 Å². The van der Waals surface area contributed by atoms with Gasteiger partial charge >= 0.3 is 0 Å². The molecule has 0 unspecified atom stereocenters. The highest BCUT2D eigenvalue weighted by molar-refractivity contribution is 7.92. The average Bonchev–Trinajstić information content (AvgIpc) is 2.59. The summed E-state index contributed by atoms with van der Waals surface area (Å²) in [5.41, 5.74) is 1.12. The highest BCUT2D eigenvalue weighted by atomic mass is 32.2. The standard InChI is InChI=1S/C18H19FN2O3S/c1-3-12-20-18(22)13-21(16-8-6-15(19)7-9-16)25(23,24)17-10-4-14(2)5-11-17/h3-11H,1,12-13H2,2H3,(H,20,22). The molecule has 0 aliphatic rings. The van der Waals surface area contributed by atoms with E-state index in [2.05, 4.69) is 11.9 Å². The van der Waals surface area contributed by atoms with E-state index < -0.39 is 28.3 Å². The van der Waals surface area contributed by atoms with Crippen LogP contribution in [0.1, 0.15) is 5.56 Å². The van der Waals surface area contributed by atoms with Crippen molar-refractivity contribution in [1.82, 2.24) is 5.32 Å². The number of rotatable bonds is 7. The van der Waals surface area contributed by atoms with Gasteiger partial charge in [-0.15, -0.1) is 6.58 Å². The lowest BCUT2D eigenvalue weighted by atomic mass is 10.2. The molecular formula is C18H19FN2O3S. The van der Waals surface area contributed by atoms with Crippen LogP contribution in [0.25, 0.3) is 0 Å². The number of nitrogens with one attached hydrogen (secondary N) is 1. The summed E-state index contributed by atoms with van der Waals surface area (Å²) in [7, 11) is -3.98. The first-order valence-electron chi connectivity index (χ1n) is 7.57. The smallest absolute Gasteiger partial charge is 0.264 e. The Balaban J connectivity index is 2.42. The number of carbonyl (C=O) groups excluding carboxylic acids is 1. The molecule has 2 aromatic carbocycles. The molecule has 0 spiro atoms. The fourth-order valence-corrected chi connectivity index (χ4v) is 3.55. The molecule has 0 aliphatic heterocycles. The summed E-state index contributed by atoms with van der Waals surface area (Å²) in [6.07, 6.45) is 1.49. The van der Waals surface area contributed by atoms with Crippen molar-refractivity contribution >= 4 is 21.6 Å². The van der Waals surface area contributed by atoms with E-state index >= 15 is 0 Å². The molecule has 25 heavy (non-hydrogen) atoms. The number of hydrogen-bond donors (Lipinski definition) is 1. The Hall–Kier alpha value is -2.67. The van der Waals surface area contributed by atoms with Crippen LogP contribution >= 0.6 is 0 Å². The second kappa shape index (κ2) is 7.94. The third kappa shape index (κ3) is 4.67. The lowest BCUT2D eigenvalue weighted by Gasteiger charge is -2.24. The summed E-state index contributed by atoms with van der Waals surface area (Å²) in [4.78, 5) is 12.1. The van der Waals surface area contributed by atoms with Gasteiger partial charge in [0.25, 0.3) is 10.0 Å². The van der Waals surface area contributed by atoms with E-state index in [0.717, 1.165) is 22.0 Å². The van der Waals surface area contributed by atoms with Gasteiger partial charge in [-0.2, -0.15) is 0 Å². The zero-order valence-corrected chi connectivity index (χ0v) is 14.6. The maximum Gasteiger partial charge on any atom is 0.264 e. The Morgan fingerprint density at radius 2 is 1.76 bits per heavy atom. The third-order valence-electron chi connectivity index (χ3n) is 3.45. The lowest BCUT2D eigenvalue weighted by molar-refractivity contribution is -0.119. The number of sulfonamides is 1. The molecule has 0 aromatic heterocycles. The Morgan fingerprint density at radius 3 is 2.32 bits per heavy atom. The van der Waals surface area contributed by atoms with Crippen LogP contribution in [0.2, 0.25) is 0 Å². The minimum absolute atomic E-state index is 0.0546. The number of benzene rings is 2. The molecule has 132 valence electrons. The quantitative estimate of drug-likeness (QED) is 0.770. The normalized spacial score (nSPS) is 11.0. The third-order valence-corrected chi connectivity index (χ3v) is 5.24. The average molecular weight is 362 g/mol. The molecule has 1 amide bonds. The zero-order chi connectivity index (χ0) is 18.4. The Bertz CT molecular complexity index is 847. The molecule has 0 atom stereocenters. The van der Waals surface area contributed by atoms with Gasteiger partial charge in [-0.25, -0.2) is 12.8 Å². The summed E-state index contributed by atoms with van der Waals surface area (Å²) in [5.74, 6) is -0.979. The van der Waals surface area contributed by atoms with Gasteiger partial charge in [0.1, 0.15) is 12.4 Å². The van der Waals surface area contributed by atoms with E-state index in [9.17, 15) is 17.6 Å². The molecule has 0 saturated heterocycles. The summed E-state index contributed by atoms with van der Waals surface area (Å²) in [6, 6.07) is 11.2. The van der Waals surface area contributed by atoms with Gasteiger partial charge in [-0.3, -0.25) is 9.10 Å². The summed E-state index contributed by atoms with van der Waals surface area (Å²) in [5, 5.41) is 2.54. The van der Waals surface area contributed by atoms with Crippen molar-refractivity contribution in [2.75, 3.05) is 17.4 Å². The molecule has 0 fully saturated rings. The van der Waals surface area contributed by atoms with E-state index in [-0.39, 0.29) is 17.1 Å². The molecule has 2 aromatic rings. The molecule has 0 aliphatic carbocycles. The Kier molecular flexibility index (Phi) is 5.93. The molecule has 2 rings (SSSR count). The topological polar surface area (TPSA) is 66.5 Å². The van der Waals surface area contributed by atoms with Crippen LogP contribution in [0, 0.1) is 12.7 Å². The predicted molar refractivity (Wildman–Crippen MR) is 95.3 cm³/mol. The van der Waals surface area contributed by atoms with E-state index in [1.165, 1.54) is 30.3 Å². The largest absolute Gasteiger partial charge is 0.351 e.